The Kier molecular flexibility index (Phi) is 7.29. The summed E-state index contributed by atoms with van der Waals surface area (Å²) in [6, 6.07) is 0.652. The van der Waals surface area contributed by atoms with Crippen molar-refractivity contribution in [1.29, 1.82) is 0 Å². The van der Waals surface area contributed by atoms with Crippen LogP contribution in [0, 0.1) is 0 Å². The maximum absolute atomic E-state index is 14.2. The van der Waals surface area contributed by atoms with E-state index in [1.54, 1.807) is 4.90 Å². The van der Waals surface area contributed by atoms with Gasteiger partial charge in [-0.05, 0) is 53.0 Å². The largest absolute Gasteiger partial charge is 0.417 e. The van der Waals surface area contributed by atoms with Crippen LogP contribution in [0.15, 0.2) is 12.3 Å². The van der Waals surface area contributed by atoms with Gasteiger partial charge >= 0.3 is 6.18 Å². The number of nitrogens with one attached hydrogen (secondary N) is 2. The highest BCUT2D eigenvalue weighted by molar-refractivity contribution is 7.17. The molecule has 2 amide bonds. The molecule has 4 heterocycles. The molecule has 0 bridgehead atoms. The third kappa shape index (κ3) is 5.80. The molecular formula is C24H30F3N5O3S. The van der Waals surface area contributed by atoms with Crippen molar-refractivity contribution < 1.29 is 27.5 Å². The number of carbonyl (C=O) groups is 2. The fourth-order valence-electron chi connectivity index (χ4n) is 4.33. The predicted octanol–water partition coefficient (Wildman–Crippen LogP) is 4.58. The number of aromatic nitrogens is 2. The Labute approximate surface area is 211 Å². The SMILES string of the molecule is C[C@H]1CCCN1C(=O)c1nc(C(=O)N[C@@H]2CCOC2)sc1-c1cnc(NC(C)(C)C)cc1C(F)(F)F. The first kappa shape index (κ1) is 26.3. The van der Waals surface area contributed by atoms with E-state index in [9.17, 15) is 22.8 Å². The van der Waals surface area contributed by atoms with Crippen LogP contribution in [-0.4, -0.2) is 64.1 Å². The van der Waals surface area contributed by atoms with Crippen LogP contribution in [0.1, 0.15) is 72.8 Å². The number of hydrogen-bond donors (Lipinski definition) is 2. The van der Waals surface area contributed by atoms with Gasteiger partial charge in [0.05, 0.1) is 23.1 Å². The summed E-state index contributed by atoms with van der Waals surface area (Å²) >= 11 is 0.770. The summed E-state index contributed by atoms with van der Waals surface area (Å²) in [5, 5.41) is 5.67. The van der Waals surface area contributed by atoms with E-state index in [0.29, 0.717) is 26.2 Å². The molecule has 2 fully saturated rings. The van der Waals surface area contributed by atoms with Crippen LogP contribution in [0.25, 0.3) is 10.4 Å². The van der Waals surface area contributed by atoms with Crippen molar-refractivity contribution in [2.24, 2.45) is 0 Å². The van der Waals surface area contributed by atoms with Gasteiger partial charge in [-0.15, -0.1) is 11.3 Å². The van der Waals surface area contributed by atoms with E-state index in [-0.39, 0.29) is 39.0 Å². The molecule has 2 aromatic heterocycles. The molecule has 36 heavy (non-hydrogen) atoms. The molecule has 0 aliphatic carbocycles. The summed E-state index contributed by atoms with van der Waals surface area (Å²) in [6.07, 6.45) is -1.40. The predicted molar refractivity (Wildman–Crippen MR) is 130 cm³/mol. The maximum atomic E-state index is 14.2. The number of thiazole rings is 1. The number of rotatable bonds is 5. The van der Waals surface area contributed by atoms with Crippen LogP contribution in [0.3, 0.4) is 0 Å². The molecular weight excluding hydrogens is 495 g/mol. The van der Waals surface area contributed by atoms with Crippen LogP contribution in [-0.2, 0) is 10.9 Å². The highest BCUT2D eigenvalue weighted by Crippen LogP contribution is 2.42. The quantitative estimate of drug-likeness (QED) is 0.594. The van der Waals surface area contributed by atoms with E-state index in [0.717, 1.165) is 36.4 Å². The number of amides is 2. The Bertz CT molecular complexity index is 1140. The number of alkyl halides is 3. The van der Waals surface area contributed by atoms with E-state index in [4.69, 9.17) is 4.74 Å². The van der Waals surface area contributed by atoms with Gasteiger partial charge in [-0.3, -0.25) is 9.59 Å². The van der Waals surface area contributed by atoms with Crippen LogP contribution >= 0.6 is 11.3 Å². The number of carbonyl (C=O) groups excluding carboxylic acids is 2. The molecule has 12 heteroatoms. The Morgan fingerprint density at radius 2 is 1.97 bits per heavy atom. The average Bonchev–Trinajstić information content (AvgIpc) is 3.52. The van der Waals surface area contributed by atoms with Crippen LogP contribution in [0.4, 0.5) is 19.0 Å². The summed E-state index contributed by atoms with van der Waals surface area (Å²) in [7, 11) is 0. The molecule has 2 atom stereocenters. The van der Waals surface area contributed by atoms with Gasteiger partial charge < -0.3 is 20.3 Å². The van der Waals surface area contributed by atoms with Gasteiger partial charge in [0.25, 0.3) is 11.8 Å². The summed E-state index contributed by atoms with van der Waals surface area (Å²) in [5.41, 5.74) is -1.90. The van der Waals surface area contributed by atoms with E-state index >= 15 is 0 Å². The van der Waals surface area contributed by atoms with Gasteiger partial charge in [0.15, 0.2) is 5.01 Å². The maximum Gasteiger partial charge on any atom is 0.417 e. The summed E-state index contributed by atoms with van der Waals surface area (Å²) in [4.78, 5) is 36.4. The molecule has 4 rings (SSSR count). The minimum Gasteiger partial charge on any atom is -0.379 e. The van der Waals surface area contributed by atoms with Crippen LogP contribution in [0.5, 0.6) is 0 Å². The van der Waals surface area contributed by atoms with E-state index in [2.05, 4.69) is 20.6 Å². The molecule has 0 spiro atoms. The zero-order chi connectivity index (χ0) is 26.3. The van der Waals surface area contributed by atoms with Crippen molar-refractivity contribution in [3.8, 4) is 10.4 Å². The van der Waals surface area contributed by atoms with Gasteiger partial charge in [-0.2, -0.15) is 13.2 Å². The van der Waals surface area contributed by atoms with Gasteiger partial charge in [0.2, 0.25) is 0 Å². The van der Waals surface area contributed by atoms with Crippen molar-refractivity contribution in [3.63, 3.8) is 0 Å². The Morgan fingerprint density at radius 1 is 1.22 bits per heavy atom. The number of halogens is 3. The number of anilines is 1. The molecule has 2 aliphatic rings. The number of likely N-dealkylation sites (tertiary alicyclic amines) is 1. The third-order valence-electron chi connectivity index (χ3n) is 6.06. The lowest BCUT2D eigenvalue weighted by molar-refractivity contribution is -0.137. The number of pyridine rings is 1. The minimum atomic E-state index is -4.72. The van der Waals surface area contributed by atoms with Gasteiger partial charge in [-0.1, -0.05) is 0 Å². The minimum absolute atomic E-state index is 0.0194. The smallest absolute Gasteiger partial charge is 0.379 e. The van der Waals surface area contributed by atoms with Crippen molar-refractivity contribution in [3.05, 3.63) is 28.5 Å². The highest BCUT2D eigenvalue weighted by Gasteiger charge is 2.38. The molecule has 0 saturated carbocycles. The van der Waals surface area contributed by atoms with Crippen molar-refractivity contribution in [1.82, 2.24) is 20.2 Å². The van der Waals surface area contributed by atoms with Gasteiger partial charge in [0, 0.05) is 36.5 Å². The zero-order valence-electron chi connectivity index (χ0n) is 20.7. The van der Waals surface area contributed by atoms with Crippen molar-refractivity contribution >= 4 is 29.0 Å². The topological polar surface area (TPSA) is 96.5 Å². The Hall–Kier alpha value is -2.73. The lowest BCUT2D eigenvalue weighted by Crippen LogP contribution is -2.35. The molecule has 0 unspecified atom stereocenters. The second-order valence-electron chi connectivity index (χ2n) is 10.2. The molecule has 0 aromatic carbocycles. The normalized spacial score (nSPS) is 20.6. The van der Waals surface area contributed by atoms with E-state index < -0.39 is 29.1 Å². The lowest BCUT2D eigenvalue weighted by atomic mass is 10.1. The molecule has 8 nitrogen and oxygen atoms in total. The summed E-state index contributed by atoms with van der Waals surface area (Å²) < 4.78 is 47.9. The van der Waals surface area contributed by atoms with Gasteiger partial charge in [-0.25, -0.2) is 9.97 Å². The number of hydrogen-bond acceptors (Lipinski definition) is 7. The highest BCUT2D eigenvalue weighted by atomic mass is 32.1. The second-order valence-corrected chi connectivity index (χ2v) is 11.2. The van der Waals surface area contributed by atoms with Crippen molar-refractivity contribution in [2.75, 3.05) is 25.1 Å². The molecule has 2 aliphatic heterocycles. The first-order chi connectivity index (χ1) is 16.8. The Balaban J connectivity index is 1.80. The molecule has 2 saturated heterocycles. The monoisotopic (exact) mass is 525 g/mol. The molecule has 2 N–H and O–H groups in total. The fourth-order valence-corrected chi connectivity index (χ4v) is 5.32. The fraction of sp³-hybridized carbons (Fsp3) is 0.583. The van der Waals surface area contributed by atoms with Crippen LogP contribution in [0.2, 0.25) is 0 Å². The molecule has 196 valence electrons. The zero-order valence-corrected chi connectivity index (χ0v) is 21.5. The van der Waals surface area contributed by atoms with E-state index in [1.807, 2.05) is 27.7 Å². The van der Waals surface area contributed by atoms with Crippen molar-refractivity contribution in [2.45, 2.75) is 70.8 Å². The summed E-state index contributed by atoms with van der Waals surface area (Å²) in [5.74, 6) is -0.972. The third-order valence-corrected chi connectivity index (χ3v) is 7.15. The molecule has 0 radical (unpaired) electrons. The number of nitrogens with zero attached hydrogens (tertiary/aromatic N) is 3. The summed E-state index contributed by atoms with van der Waals surface area (Å²) in [6.45, 7) is 8.68. The van der Waals surface area contributed by atoms with E-state index in [1.165, 1.54) is 0 Å². The average molecular weight is 526 g/mol. The first-order valence-corrected chi connectivity index (χ1v) is 12.7. The first-order valence-electron chi connectivity index (χ1n) is 11.9. The Morgan fingerprint density at radius 3 is 2.56 bits per heavy atom. The van der Waals surface area contributed by atoms with Gasteiger partial charge in [0.1, 0.15) is 11.5 Å². The molecule has 2 aromatic rings. The van der Waals surface area contributed by atoms with Crippen LogP contribution < -0.4 is 10.6 Å². The standard InChI is InChI=1S/C24H30F3N5O3S/c1-13-6-5-8-32(13)22(34)18-19(36-21(30-18)20(33)29-14-7-9-35-12-14)15-11-28-17(31-23(2,3)4)10-16(15)24(25,26)27/h10-11,13-14H,5-9,12H2,1-4H3,(H,28,31)(H,29,33)/t13-,14+/m0/s1. The lowest BCUT2D eigenvalue weighted by Gasteiger charge is -2.23. The second kappa shape index (κ2) is 9.97. The number of ether oxygens (including phenoxy) is 1.